The van der Waals surface area contributed by atoms with Gasteiger partial charge in [-0.15, -0.1) is 0 Å². The van der Waals surface area contributed by atoms with Crippen LogP contribution in [0, 0.1) is 0 Å². The first kappa shape index (κ1) is 20.8. The molecule has 0 radical (unpaired) electrons. The molecule has 0 unspecified atom stereocenters. The maximum absolute atomic E-state index is 13.7. The molecular formula is C26H23N3O4. The van der Waals surface area contributed by atoms with Gasteiger partial charge in [0.25, 0.3) is 11.5 Å². The number of ether oxygens (including phenoxy) is 2. The monoisotopic (exact) mass is 441 g/mol. The molecule has 4 aromatic rings. The Bertz CT molecular complexity index is 1380. The summed E-state index contributed by atoms with van der Waals surface area (Å²) >= 11 is 0. The van der Waals surface area contributed by atoms with E-state index in [1.54, 1.807) is 35.2 Å². The lowest BCUT2D eigenvalue weighted by Gasteiger charge is -2.25. The Balaban J connectivity index is 1.59. The first-order chi connectivity index (χ1) is 16.2. The highest BCUT2D eigenvalue weighted by molar-refractivity contribution is 6.04. The number of para-hydroxylation sites is 2. The molecule has 0 atom stereocenters. The normalized spacial score (nSPS) is 12.5. The van der Waals surface area contributed by atoms with Crippen LogP contribution in [0.2, 0.25) is 0 Å². The fraction of sp³-hybridized carbons (Fsp3) is 0.192. The molecule has 7 nitrogen and oxygen atoms in total. The van der Waals surface area contributed by atoms with E-state index in [1.165, 1.54) is 4.68 Å². The number of hydrogen-bond acceptors (Lipinski definition) is 5. The largest absolute Gasteiger partial charge is 0.486 e. The topological polar surface area (TPSA) is 73.7 Å². The molecule has 166 valence electrons. The third-order valence-electron chi connectivity index (χ3n) is 5.69. The molecule has 1 aliphatic rings. The molecule has 0 spiro atoms. The maximum atomic E-state index is 13.7. The van der Waals surface area contributed by atoms with Crippen LogP contribution in [0.15, 0.2) is 77.6 Å². The Morgan fingerprint density at radius 3 is 2.45 bits per heavy atom. The van der Waals surface area contributed by atoms with Gasteiger partial charge in [0, 0.05) is 24.0 Å². The summed E-state index contributed by atoms with van der Waals surface area (Å²) in [5.74, 6) is 1.10. The summed E-state index contributed by atoms with van der Waals surface area (Å²) in [6, 6.07) is 21.9. The van der Waals surface area contributed by atoms with Crippen molar-refractivity contribution in [2.75, 3.05) is 19.8 Å². The number of amides is 1. The van der Waals surface area contributed by atoms with Crippen LogP contribution in [0.5, 0.6) is 11.5 Å². The van der Waals surface area contributed by atoms with Gasteiger partial charge < -0.3 is 14.4 Å². The predicted molar refractivity (Wildman–Crippen MR) is 125 cm³/mol. The SMILES string of the molecule is CCN(Cc1cccc2c1OCCO2)C(=O)c1nn(-c2ccccc2)c(=O)c2ccccc12. The van der Waals surface area contributed by atoms with Crippen LogP contribution in [0.3, 0.4) is 0 Å². The minimum Gasteiger partial charge on any atom is -0.486 e. The number of benzene rings is 3. The minimum absolute atomic E-state index is 0.234. The van der Waals surface area contributed by atoms with Gasteiger partial charge in [0.2, 0.25) is 0 Å². The van der Waals surface area contributed by atoms with E-state index < -0.39 is 0 Å². The van der Waals surface area contributed by atoms with Gasteiger partial charge >= 0.3 is 0 Å². The lowest BCUT2D eigenvalue weighted by Crippen LogP contribution is -2.34. The van der Waals surface area contributed by atoms with Crippen molar-refractivity contribution in [3.05, 3.63) is 94.4 Å². The highest BCUT2D eigenvalue weighted by Gasteiger charge is 2.24. The third kappa shape index (κ3) is 3.82. The Morgan fingerprint density at radius 1 is 0.939 bits per heavy atom. The molecule has 0 N–H and O–H groups in total. The quantitative estimate of drug-likeness (QED) is 0.471. The van der Waals surface area contributed by atoms with Crippen molar-refractivity contribution in [1.82, 2.24) is 14.7 Å². The van der Waals surface area contributed by atoms with Crippen LogP contribution in [0.25, 0.3) is 16.5 Å². The summed E-state index contributed by atoms with van der Waals surface area (Å²) in [7, 11) is 0. The fourth-order valence-electron chi connectivity index (χ4n) is 4.03. The number of rotatable bonds is 5. The van der Waals surface area contributed by atoms with E-state index in [0.717, 1.165) is 5.56 Å². The van der Waals surface area contributed by atoms with Crippen molar-refractivity contribution in [2.24, 2.45) is 0 Å². The number of carbonyl (C=O) groups is 1. The summed E-state index contributed by atoms with van der Waals surface area (Å²) in [6.45, 7) is 3.69. The average Bonchev–Trinajstić information content (AvgIpc) is 2.88. The van der Waals surface area contributed by atoms with Gasteiger partial charge in [0.05, 0.1) is 11.1 Å². The second kappa shape index (κ2) is 8.78. The third-order valence-corrected chi connectivity index (χ3v) is 5.69. The van der Waals surface area contributed by atoms with E-state index in [-0.39, 0.29) is 17.2 Å². The number of hydrogen-bond donors (Lipinski definition) is 0. The van der Waals surface area contributed by atoms with Crippen LogP contribution in [0.4, 0.5) is 0 Å². The molecule has 7 heteroatoms. The summed E-state index contributed by atoms with van der Waals surface area (Å²) in [5.41, 5.74) is 1.44. The summed E-state index contributed by atoms with van der Waals surface area (Å²) in [6.07, 6.45) is 0. The van der Waals surface area contributed by atoms with E-state index in [2.05, 4.69) is 5.10 Å². The van der Waals surface area contributed by atoms with Crippen LogP contribution in [-0.4, -0.2) is 40.3 Å². The van der Waals surface area contributed by atoms with Crippen molar-refractivity contribution >= 4 is 16.7 Å². The molecule has 2 heterocycles. The van der Waals surface area contributed by atoms with E-state index >= 15 is 0 Å². The van der Waals surface area contributed by atoms with Crippen molar-refractivity contribution < 1.29 is 14.3 Å². The Hall–Kier alpha value is -4.13. The van der Waals surface area contributed by atoms with Crippen molar-refractivity contribution in [3.8, 4) is 17.2 Å². The van der Waals surface area contributed by atoms with E-state index in [9.17, 15) is 9.59 Å². The first-order valence-corrected chi connectivity index (χ1v) is 10.9. The highest BCUT2D eigenvalue weighted by atomic mass is 16.6. The Morgan fingerprint density at radius 2 is 1.67 bits per heavy atom. The van der Waals surface area contributed by atoms with Crippen molar-refractivity contribution in [1.29, 1.82) is 0 Å². The fourth-order valence-corrected chi connectivity index (χ4v) is 4.03. The molecule has 3 aromatic carbocycles. The van der Waals surface area contributed by atoms with Crippen LogP contribution in [-0.2, 0) is 6.54 Å². The maximum Gasteiger partial charge on any atom is 0.279 e. The lowest BCUT2D eigenvalue weighted by atomic mass is 10.1. The molecule has 0 fully saturated rings. The van der Waals surface area contributed by atoms with Gasteiger partial charge in [-0.05, 0) is 31.2 Å². The summed E-state index contributed by atoms with van der Waals surface area (Å²) in [5, 5.41) is 5.51. The zero-order valence-electron chi connectivity index (χ0n) is 18.2. The summed E-state index contributed by atoms with van der Waals surface area (Å²) in [4.78, 5) is 28.6. The summed E-state index contributed by atoms with van der Waals surface area (Å²) < 4.78 is 12.8. The van der Waals surface area contributed by atoms with Gasteiger partial charge in [0.15, 0.2) is 17.2 Å². The number of fused-ring (bicyclic) bond motifs is 2. The highest BCUT2D eigenvalue weighted by Crippen LogP contribution is 2.34. The number of carbonyl (C=O) groups excluding carboxylic acids is 1. The van der Waals surface area contributed by atoms with Crippen LogP contribution >= 0.6 is 0 Å². The molecule has 33 heavy (non-hydrogen) atoms. The van der Waals surface area contributed by atoms with Crippen LogP contribution in [0.1, 0.15) is 23.0 Å². The molecule has 0 saturated heterocycles. The first-order valence-electron chi connectivity index (χ1n) is 10.9. The molecular weight excluding hydrogens is 418 g/mol. The molecule has 1 aromatic heterocycles. The predicted octanol–water partition coefficient (Wildman–Crippen LogP) is 3.82. The standard InChI is InChI=1S/C26H23N3O4/c1-2-28(17-18-9-8-14-22-24(18)33-16-15-32-22)26(31)23-20-12-6-7-13-21(20)25(30)29(27-23)19-10-4-3-5-11-19/h3-14H,2,15-17H2,1H3. The lowest BCUT2D eigenvalue weighted by molar-refractivity contribution is 0.0743. The molecule has 0 aliphatic carbocycles. The average molecular weight is 441 g/mol. The number of nitrogens with zero attached hydrogens (tertiary/aromatic N) is 3. The number of aromatic nitrogens is 2. The molecule has 1 aliphatic heterocycles. The van der Waals surface area contributed by atoms with Crippen molar-refractivity contribution in [3.63, 3.8) is 0 Å². The van der Waals surface area contributed by atoms with Gasteiger partial charge in [-0.3, -0.25) is 9.59 Å². The molecule has 5 rings (SSSR count). The second-order valence-corrected chi connectivity index (χ2v) is 7.71. The minimum atomic E-state index is -0.265. The molecule has 0 bridgehead atoms. The van der Waals surface area contributed by atoms with Crippen LogP contribution < -0.4 is 15.0 Å². The molecule has 1 amide bonds. The van der Waals surface area contributed by atoms with Gasteiger partial charge in [-0.2, -0.15) is 9.78 Å². The smallest absolute Gasteiger partial charge is 0.279 e. The van der Waals surface area contributed by atoms with E-state index in [1.807, 2.05) is 49.4 Å². The zero-order chi connectivity index (χ0) is 22.8. The molecule has 0 saturated carbocycles. The van der Waals surface area contributed by atoms with Gasteiger partial charge in [0.1, 0.15) is 13.2 Å². The van der Waals surface area contributed by atoms with E-state index in [0.29, 0.717) is 54.3 Å². The Labute approximate surface area is 190 Å². The Kier molecular flexibility index (Phi) is 5.52. The zero-order valence-corrected chi connectivity index (χ0v) is 18.2. The van der Waals surface area contributed by atoms with Gasteiger partial charge in [-0.25, -0.2) is 0 Å². The second-order valence-electron chi connectivity index (χ2n) is 7.71. The van der Waals surface area contributed by atoms with E-state index in [4.69, 9.17) is 9.47 Å². The van der Waals surface area contributed by atoms with Crippen molar-refractivity contribution in [2.45, 2.75) is 13.5 Å². The van der Waals surface area contributed by atoms with Gasteiger partial charge in [-0.1, -0.05) is 48.5 Å².